The Morgan fingerprint density at radius 1 is 1.58 bits per heavy atom. The summed E-state index contributed by atoms with van der Waals surface area (Å²) in [6.45, 7) is 1.53. The second-order valence-corrected chi connectivity index (χ2v) is 3.45. The Morgan fingerprint density at radius 3 is 2.50 bits per heavy atom. The van der Waals surface area contributed by atoms with Gasteiger partial charge >= 0.3 is 0 Å². The molecule has 0 fully saturated rings. The molecule has 3 N–H and O–H groups in total. The molecule has 0 radical (unpaired) electrons. The molecule has 0 spiro atoms. The van der Waals surface area contributed by atoms with Gasteiger partial charge in [-0.1, -0.05) is 0 Å². The molecule has 5 heteroatoms. The minimum atomic E-state index is -0.913. The summed E-state index contributed by atoms with van der Waals surface area (Å²) >= 11 is 4.98. The molecule has 0 bridgehead atoms. The number of likely N-dealkylation sites (N-methyl/N-ethyl adjacent to an activating group) is 1. The van der Waals surface area contributed by atoms with Gasteiger partial charge in [0.05, 0.1) is 13.2 Å². The lowest BCUT2D eigenvalue weighted by atomic mass is 10.3. The molecule has 12 heavy (non-hydrogen) atoms. The van der Waals surface area contributed by atoms with Gasteiger partial charge < -0.3 is 15.5 Å². The maximum absolute atomic E-state index is 9.60. The zero-order chi connectivity index (χ0) is 9.35. The van der Waals surface area contributed by atoms with E-state index in [1.54, 1.807) is 19.4 Å². The van der Waals surface area contributed by atoms with Crippen molar-refractivity contribution in [3.63, 3.8) is 0 Å². The number of hydrogen-bond acceptors (Lipinski definition) is 3. The summed E-state index contributed by atoms with van der Waals surface area (Å²) in [4.78, 5) is 0. The van der Waals surface area contributed by atoms with Crippen LogP contribution in [0, 0.1) is 0 Å². The van der Waals surface area contributed by atoms with Crippen LogP contribution >= 0.6 is 12.2 Å². The van der Waals surface area contributed by atoms with E-state index in [0.29, 0.717) is 5.11 Å². The van der Waals surface area contributed by atoms with Gasteiger partial charge in [-0.15, -0.1) is 0 Å². The number of aliphatic hydroxyl groups is 2. The smallest absolute Gasteiger partial charge is 0.280 e. The average molecular weight is 189 g/mol. The van der Waals surface area contributed by atoms with Crippen molar-refractivity contribution in [3.8, 4) is 0 Å². The van der Waals surface area contributed by atoms with Crippen molar-refractivity contribution >= 4 is 17.3 Å². The Hall–Kier alpha value is -0.490. The number of hydrogen-bond donors (Lipinski definition) is 3. The van der Waals surface area contributed by atoms with E-state index in [1.807, 2.05) is 0 Å². The standard InChI is InChI=1S/C7H12N2O2S/c1-5(10)6(11)9(2)4-3-8-7(9)12/h3-6,10-11H,1-2H3/p+1. The van der Waals surface area contributed by atoms with Crippen LogP contribution in [0.3, 0.4) is 0 Å². The Labute approximate surface area is 76.7 Å². The highest BCUT2D eigenvalue weighted by Crippen LogP contribution is 2.17. The molecule has 0 amide bonds. The van der Waals surface area contributed by atoms with Gasteiger partial charge in [-0.2, -0.15) is 0 Å². The maximum Gasteiger partial charge on any atom is 0.280 e. The second-order valence-electron chi connectivity index (χ2n) is 3.07. The molecule has 0 aromatic carbocycles. The van der Waals surface area contributed by atoms with E-state index in [4.69, 9.17) is 12.2 Å². The van der Waals surface area contributed by atoms with Crippen LogP contribution in [0.5, 0.6) is 0 Å². The fourth-order valence-electron chi connectivity index (χ4n) is 1.13. The Bertz CT molecular complexity index is 229. The first-order valence-electron chi connectivity index (χ1n) is 3.69. The molecular formula is C7H13N2O2S+. The van der Waals surface area contributed by atoms with Crippen molar-refractivity contribution in [2.45, 2.75) is 19.3 Å². The highest BCUT2D eigenvalue weighted by Gasteiger charge is 2.40. The molecule has 0 saturated heterocycles. The van der Waals surface area contributed by atoms with Crippen LogP contribution in [0.25, 0.3) is 0 Å². The highest BCUT2D eigenvalue weighted by atomic mass is 32.1. The molecule has 4 nitrogen and oxygen atoms in total. The van der Waals surface area contributed by atoms with Crippen molar-refractivity contribution in [1.29, 1.82) is 0 Å². The van der Waals surface area contributed by atoms with E-state index in [1.165, 1.54) is 6.92 Å². The molecule has 0 aliphatic carbocycles. The van der Waals surface area contributed by atoms with Gasteiger partial charge in [-0.25, -0.2) is 4.48 Å². The molecule has 1 rings (SSSR count). The van der Waals surface area contributed by atoms with Gasteiger partial charge in [0.15, 0.2) is 0 Å². The molecule has 3 atom stereocenters. The Kier molecular flexibility index (Phi) is 2.48. The number of nitrogens with zero attached hydrogens (tertiary/aromatic N) is 1. The first kappa shape index (κ1) is 9.60. The molecule has 3 unspecified atom stereocenters. The first-order valence-corrected chi connectivity index (χ1v) is 4.10. The third kappa shape index (κ3) is 1.36. The zero-order valence-corrected chi connectivity index (χ0v) is 7.88. The molecule has 0 saturated carbocycles. The summed E-state index contributed by atoms with van der Waals surface area (Å²) in [5, 5.41) is 22.1. The topological polar surface area (TPSA) is 52.5 Å². The maximum atomic E-state index is 9.60. The highest BCUT2D eigenvalue weighted by molar-refractivity contribution is 7.80. The normalized spacial score (nSPS) is 33.2. The van der Waals surface area contributed by atoms with E-state index in [2.05, 4.69) is 5.32 Å². The fourth-order valence-corrected chi connectivity index (χ4v) is 1.36. The molecule has 68 valence electrons. The Balaban J connectivity index is 2.84. The van der Waals surface area contributed by atoms with Crippen LogP contribution in [0.15, 0.2) is 12.4 Å². The number of aliphatic hydroxyl groups excluding tert-OH is 2. The monoisotopic (exact) mass is 189 g/mol. The minimum Gasteiger partial charge on any atom is -0.384 e. The summed E-state index contributed by atoms with van der Waals surface area (Å²) < 4.78 is 0.0486. The first-order chi connectivity index (χ1) is 5.48. The summed E-state index contributed by atoms with van der Waals surface area (Å²) in [5.74, 6) is 0. The van der Waals surface area contributed by atoms with Gasteiger partial charge in [0, 0.05) is 12.2 Å². The lowest BCUT2D eigenvalue weighted by Gasteiger charge is -2.31. The van der Waals surface area contributed by atoms with Crippen LogP contribution in [0.1, 0.15) is 6.92 Å². The van der Waals surface area contributed by atoms with Crippen LogP contribution in [0.4, 0.5) is 0 Å². The molecule has 0 aromatic rings. The molecular weight excluding hydrogens is 176 g/mol. The minimum absolute atomic E-state index is 0.0486. The molecule has 0 aromatic heterocycles. The van der Waals surface area contributed by atoms with E-state index < -0.39 is 12.3 Å². The molecule has 1 heterocycles. The van der Waals surface area contributed by atoms with Crippen LogP contribution in [-0.4, -0.2) is 39.2 Å². The third-order valence-electron chi connectivity index (χ3n) is 2.01. The van der Waals surface area contributed by atoms with Gasteiger partial charge in [0.25, 0.3) is 5.11 Å². The predicted octanol–water partition coefficient (Wildman–Crippen LogP) is -0.509. The van der Waals surface area contributed by atoms with Crippen molar-refractivity contribution in [2.75, 3.05) is 7.05 Å². The Morgan fingerprint density at radius 2 is 2.17 bits per heavy atom. The van der Waals surface area contributed by atoms with Gasteiger partial charge in [-0.3, -0.25) is 0 Å². The van der Waals surface area contributed by atoms with Gasteiger partial charge in [0.1, 0.15) is 12.3 Å². The second kappa shape index (κ2) is 3.10. The number of nitrogens with one attached hydrogen (secondary N) is 1. The number of quaternary nitrogens is 1. The van der Waals surface area contributed by atoms with E-state index in [9.17, 15) is 10.2 Å². The average Bonchev–Trinajstić information content (AvgIpc) is 2.32. The van der Waals surface area contributed by atoms with Gasteiger partial charge in [-0.05, 0) is 6.92 Å². The quantitative estimate of drug-likeness (QED) is 0.404. The summed E-state index contributed by atoms with van der Waals surface area (Å²) in [7, 11) is 1.73. The van der Waals surface area contributed by atoms with Gasteiger partial charge in [0.2, 0.25) is 6.23 Å². The summed E-state index contributed by atoms with van der Waals surface area (Å²) in [6, 6.07) is 0. The predicted molar refractivity (Wildman–Crippen MR) is 48.7 cm³/mol. The van der Waals surface area contributed by atoms with Crippen molar-refractivity contribution in [1.82, 2.24) is 5.32 Å². The summed E-state index contributed by atoms with van der Waals surface area (Å²) in [5.41, 5.74) is 0. The van der Waals surface area contributed by atoms with E-state index in [0.717, 1.165) is 0 Å². The van der Waals surface area contributed by atoms with E-state index >= 15 is 0 Å². The molecule has 1 aliphatic heterocycles. The van der Waals surface area contributed by atoms with Crippen molar-refractivity contribution in [2.24, 2.45) is 0 Å². The molecule has 1 aliphatic rings. The lowest BCUT2D eigenvalue weighted by Crippen LogP contribution is -2.56. The number of thiocarbonyl (C=S) groups is 1. The van der Waals surface area contributed by atoms with Crippen LogP contribution < -0.4 is 5.32 Å². The van der Waals surface area contributed by atoms with Crippen molar-refractivity contribution in [3.05, 3.63) is 12.4 Å². The van der Waals surface area contributed by atoms with E-state index in [-0.39, 0.29) is 4.48 Å². The van der Waals surface area contributed by atoms with Crippen LogP contribution in [0.2, 0.25) is 0 Å². The third-order valence-corrected chi connectivity index (χ3v) is 2.52. The lowest BCUT2D eigenvalue weighted by molar-refractivity contribution is -0.824. The largest absolute Gasteiger partial charge is 0.384 e. The zero-order valence-electron chi connectivity index (χ0n) is 7.06. The SMILES string of the molecule is CC(O)C(O)[N+]1(C)C=CNC1=S. The number of rotatable bonds is 2. The van der Waals surface area contributed by atoms with Crippen LogP contribution in [-0.2, 0) is 0 Å². The summed E-state index contributed by atoms with van der Waals surface area (Å²) in [6.07, 6.45) is 1.65. The fraction of sp³-hybridized carbons (Fsp3) is 0.571. The van der Waals surface area contributed by atoms with Crippen molar-refractivity contribution < 1.29 is 14.7 Å².